The summed E-state index contributed by atoms with van der Waals surface area (Å²) in [6.07, 6.45) is 2.51. The molecule has 0 aliphatic heterocycles. The molecule has 0 unspecified atom stereocenters. The Morgan fingerprint density at radius 2 is 1.73 bits per heavy atom. The van der Waals surface area contributed by atoms with Gasteiger partial charge in [-0.3, -0.25) is 14.4 Å². The minimum atomic E-state index is -2.31. The Kier molecular flexibility index (Phi) is 7.51. The fraction of sp³-hybridized carbons (Fsp3) is 0.667. The molecule has 0 saturated carbocycles. The summed E-state index contributed by atoms with van der Waals surface area (Å²) >= 11 is 0. The van der Waals surface area contributed by atoms with Crippen LogP contribution in [0.4, 0.5) is 0 Å². The predicted molar refractivity (Wildman–Crippen MR) is 101 cm³/mol. The van der Waals surface area contributed by atoms with Gasteiger partial charge in [0.25, 0.3) is 0 Å². The smallest absolute Gasteiger partial charge is 0.191 e. The molecule has 26 heavy (non-hydrogen) atoms. The van der Waals surface area contributed by atoms with Crippen molar-refractivity contribution in [1.29, 1.82) is 0 Å². The molecule has 0 amide bonds. The van der Waals surface area contributed by atoms with Crippen LogP contribution in [0.5, 0.6) is 0 Å². The Hall–Kier alpha value is -1.75. The number of aliphatic hydroxyl groups is 2. The van der Waals surface area contributed by atoms with E-state index in [1.54, 1.807) is 6.08 Å². The van der Waals surface area contributed by atoms with Gasteiger partial charge in [-0.05, 0) is 38.5 Å². The van der Waals surface area contributed by atoms with E-state index in [0.717, 1.165) is 5.57 Å². The fourth-order valence-corrected chi connectivity index (χ4v) is 3.15. The highest BCUT2D eigenvalue weighted by Crippen LogP contribution is 2.42. The van der Waals surface area contributed by atoms with Gasteiger partial charge in [0.1, 0.15) is 11.3 Å². The molecule has 0 radical (unpaired) electrons. The van der Waals surface area contributed by atoms with E-state index < -0.39 is 40.2 Å². The Labute approximate surface area is 156 Å². The van der Waals surface area contributed by atoms with E-state index in [2.05, 4.69) is 0 Å². The van der Waals surface area contributed by atoms with E-state index in [0.29, 0.717) is 6.42 Å². The second-order valence-electron chi connectivity index (χ2n) is 8.30. The van der Waals surface area contributed by atoms with Gasteiger partial charge in [0.2, 0.25) is 0 Å². The monoisotopic (exact) mass is 364 g/mol. The minimum Gasteiger partial charge on any atom is -0.508 e. The maximum Gasteiger partial charge on any atom is 0.191 e. The zero-order valence-corrected chi connectivity index (χ0v) is 16.8. The van der Waals surface area contributed by atoms with E-state index in [1.807, 2.05) is 41.5 Å². The SMILES string of the molecule is CC(C)=CC[C@@H]1C(=O)C(C(=O)CC(C)C)=C(O)[C@]1(O)C(=O)CCC(C)C. The van der Waals surface area contributed by atoms with Crippen LogP contribution in [-0.2, 0) is 14.4 Å². The lowest BCUT2D eigenvalue weighted by Gasteiger charge is -2.27. The van der Waals surface area contributed by atoms with Gasteiger partial charge in [0.15, 0.2) is 23.0 Å². The molecule has 0 heterocycles. The van der Waals surface area contributed by atoms with Crippen molar-refractivity contribution in [1.82, 2.24) is 0 Å². The lowest BCUT2D eigenvalue weighted by molar-refractivity contribution is -0.145. The van der Waals surface area contributed by atoms with Crippen LogP contribution in [0.15, 0.2) is 23.0 Å². The molecule has 0 fully saturated rings. The average Bonchev–Trinajstić information content (AvgIpc) is 2.69. The van der Waals surface area contributed by atoms with Crippen molar-refractivity contribution in [2.75, 3.05) is 0 Å². The Morgan fingerprint density at radius 1 is 1.15 bits per heavy atom. The summed E-state index contributed by atoms with van der Waals surface area (Å²) in [5, 5.41) is 21.7. The van der Waals surface area contributed by atoms with Crippen molar-refractivity contribution >= 4 is 17.3 Å². The van der Waals surface area contributed by atoms with Crippen LogP contribution in [0.1, 0.15) is 67.2 Å². The average molecular weight is 364 g/mol. The number of hydrogen-bond acceptors (Lipinski definition) is 5. The number of aliphatic hydroxyl groups excluding tert-OH is 1. The van der Waals surface area contributed by atoms with E-state index in [9.17, 15) is 24.6 Å². The molecular weight excluding hydrogens is 332 g/mol. The van der Waals surface area contributed by atoms with Crippen LogP contribution < -0.4 is 0 Å². The minimum absolute atomic E-state index is 0.00262. The van der Waals surface area contributed by atoms with Crippen LogP contribution in [-0.4, -0.2) is 33.2 Å². The zero-order chi connectivity index (χ0) is 20.2. The second-order valence-corrected chi connectivity index (χ2v) is 8.30. The van der Waals surface area contributed by atoms with Gasteiger partial charge >= 0.3 is 0 Å². The van der Waals surface area contributed by atoms with Crippen molar-refractivity contribution in [2.45, 2.75) is 72.8 Å². The van der Waals surface area contributed by atoms with Crippen molar-refractivity contribution in [3.05, 3.63) is 23.0 Å². The highest BCUT2D eigenvalue weighted by atomic mass is 16.3. The molecule has 5 nitrogen and oxygen atoms in total. The van der Waals surface area contributed by atoms with Gasteiger partial charge in [-0.1, -0.05) is 39.3 Å². The molecule has 0 bridgehead atoms. The number of allylic oxidation sites excluding steroid dienone is 3. The third-order valence-electron chi connectivity index (χ3n) is 4.67. The lowest BCUT2D eigenvalue weighted by atomic mass is 9.80. The van der Waals surface area contributed by atoms with Crippen molar-refractivity contribution in [2.24, 2.45) is 17.8 Å². The predicted octanol–water partition coefficient (Wildman–Crippen LogP) is 3.71. The number of hydrogen-bond donors (Lipinski definition) is 2. The molecule has 0 saturated heterocycles. The first-order valence-electron chi connectivity index (χ1n) is 9.33. The maximum absolute atomic E-state index is 12.8. The van der Waals surface area contributed by atoms with E-state index in [-0.39, 0.29) is 31.1 Å². The van der Waals surface area contributed by atoms with Crippen LogP contribution in [0, 0.1) is 17.8 Å². The summed E-state index contributed by atoms with van der Waals surface area (Å²) in [6, 6.07) is 0. The van der Waals surface area contributed by atoms with E-state index >= 15 is 0 Å². The molecule has 0 spiro atoms. The molecule has 146 valence electrons. The summed E-state index contributed by atoms with van der Waals surface area (Å²) in [5.41, 5.74) is -1.78. The summed E-state index contributed by atoms with van der Waals surface area (Å²) in [4.78, 5) is 38.0. The number of Topliss-reactive ketones (excluding diaryl/α,β-unsaturated/α-hetero) is 3. The molecule has 2 N–H and O–H groups in total. The Bertz CT molecular complexity index is 635. The molecule has 1 aliphatic carbocycles. The standard InChI is InChI=1S/C21H32O5/c1-12(2)7-9-15-19(24)18(16(22)11-14(5)6)20(25)21(15,26)17(23)10-8-13(3)4/h7,13-15,25-26H,8-11H2,1-6H3/t15-,21-/m1/s1. The molecule has 5 heteroatoms. The zero-order valence-electron chi connectivity index (χ0n) is 16.8. The van der Waals surface area contributed by atoms with Crippen LogP contribution in [0.25, 0.3) is 0 Å². The third-order valence-corrected chi connectivity index (χ3v) is 4.67. The molecular formula is C21H32O5. The number of rotatable bonds is 9. The number of carbonyl (C=O) groups is 3. The van der Waals surface area contributed by atoms with E-state index in [4.69, 9.17) is 0 Å². The van der Waals surface area contributed by atoms with Crippen molar-refractivity contribution in [3.63, 3.8) is 0 Å². The van der Waals surface area contributed by atoms with Gasteiger partial charge in [-0.2, -0.15) is 0 Å². The van der Waals surface area contributed by atoms with Crippen LogP contribution in [0.3, 0.4) is 0 Å². The summed E-state index contributed by atoms with van der Waals surface area (Å²) in [6.45, 7) is 11.2. The molecule has 0 aromatic heterocycles. The molecule has 1 rings (SSSR count). The third kappa shape index (κ3) is 4.70. The second kappa shape index (κ2) is 8.76. The Morgan fingerprint density at radius 3 is 2.19 bits per heavy atom. The van der Waals surface area contributed by atoms with Crippen LogP contribution in [0.2, 0.25) is 0 Å². The van der Waals surface area contributed by atoms with Crippen LogP contribution >= 0.6 is 0 Å². The molecule has 0 aromatic rings. The van der Waals surface area contributed by atoms with Gasteiger partial charge in [0, 0.05) is 12.8 Å². The Balaban J connectivity index is 3.34. The first kappa shape index (κ1) is 22.3. The van der Waals surface area contributed by atoms with Gasteiger partial charge in [-0.25, -0.2) is 0 Å². The summed E-state index contributed by atoms with van der Waals surface area (Å²) in [7, 11) is 0. The van der Waals surface area contributed by atoms with Crippen molar-refractivity contribution < 1.29 is 24.6 Å². The quantitative estimate of drug-likeness (QED) is 0.481. The highest BCUT2D eigenvalue weighted by molar-refractivity contribution is 6.26. The number of carbonyl (C=O) groups excluding carboxylic acids is 3. The summed E-state index contributed by atoms with van der Waals surface area (Å²) < 4.78 is 0. The number of ketones is 3. The first-order chi connectivity index (χ1) is 11.9. The van der Waals surface area contributed by atoms with Crippen molar-refractivity contribution in [3.8, 4) is 0 Å². The largest absolute Gasteiger partial charge is 0.508 e. The topological polar surface area (TPSA) is 91.7 Å². The highest BCUT2D eigenvalue weighted by Gasteiger charge is 2.58. The normalized spacial score (nSPS) is 23.1. The fourth-order valence-electron chi connectivity index (χ4n) is 3.15. The van der Waals surface area contributed by atoms with Gasteiger partial charge in [0.05, 0.1) is 5.92 Å². The lowest BCUT2D eigenvalue weighted by Crippen LogP contribution is -2.46. The van der Waals surface area contributed by atoms with E-state index in [1.165, 1.54) is 0 Å². The summed E-state index contributed by atoms with van der Waals surface area (Å²) in [5.74, 6) is -3.42. The molecule has 0 aromatic carbocycles. The molecule has 1 aliphatic rings. The first-order valence-corrected chi connectivity index (χ1v) is 9.33. The molecule has 2 atom stereocenters. The van der Waals surface area contributed by atoms with Gasteiger partial charge < -0.3 is 10.2 Å². The van der Waals surface area contributed by atoms with Gasteiger partial charge in [-0.15, -0.1) is 0 Å². The maximum atomic E-state index is 12.8.